The Kier molecular flexibility index (Phi) is 5.77. The first-order valence-electron chi connectivity index (χ1n) is 12.3. The molecule has 1 aliphatic heterocycles. The van der Waals surface area contributed by atoms with Gasteiger partial charge in [0.2, 0.25) is 0 Å². The van der Waals surface area contributed by atoms with Crippen molar-refractivity contribution < 1.29 is 14.6 Å². The third-order valence-corrected chi connectivity index (χ3v) is 7.15. The summed E-state index contributed by atoms with van der Waals surface area (Å²) < 4.78 is 7.78. The minimum absolute atomic E-state index is 0.0778. The monoisotopic (exact) mass is 484 g/mol. The van der Waals surface area contributed by atoms with Crippen LogP contribution in [0.1, 0.15) is 42.9 Å². The highest BCUT2D eigenvalue weighted by Gasteiger charge is 2.29. The highest BCUT2D eigenvalue weighted by Crippen LogP contribution is 2.36. The summed E-state index contributed by atoms with van der Waals surface area (Å²) in [5.74, 6) is 1.06. The molecule has 4 N–H and O–H groups in total. The number of rotatable bonds is 5. The lowest BCUT2D eigenvalue weighted by atomic mass is 10.0. The van der Waals surface area contributed by atoms with Gasteiger partial charge in [-0.1, -0.05) is 42.5 Å². The summed E-state index contributed by atoms with van der Waals surface area (Å²) >= 11 is 0. The molecule has 2 aromatic carbocycles. The predicted molar refractivity (Wildman–Crippen MR) is 135 cm³/mol. The number of ether oxygens (including phenoxy) is 1. The number of nitrogens with two attached hydrogens (primary N) is 1. The number of benzene rings is 2. The molecule has 184 valence electrons. The number of aryl methyl sites for hydroxylation is 1. The Morgan fingerprint density at radius 3 is 2.75 bits per heavy atom. The van der Waals surface area contributed by atoms with Crippen molar-refractivity contribution in [2.24, 2.45) is 0 Å². The number of amides is 1. The number of carbonyl (C=O) groups excluding carboxylic acids is 1. The first-order valence-corrected chi connectivity index (χ1v) is 12.3. The summed E-state index contributed by atoms with van der Waals surface area (Å²) in [4.78, 5) is 21.3. The van der Waals surface area contributed by atoms with Crippen LogP contribution in [0, 0.1) is 0 Å². The Balaban J connectivity index is 1.18. The third kappa shape index (κ3) is 4.15. The van der Waals surface area contributed by atoms with Crippen LogP contribution in [-0.4, -0.2) is 43.0 Å². The van der Waals surface area contributed by atoms with Crippen LogP contribution in [-0.2, 0) is 17.8 Å². The van der Waals surface area contributed by atoms with Gasteiger partial charge in [-0.05, 0) is 49.3 Å². The number of hydrogen-bond acceptors (Lipinski definition) is 7. The van der Waals surface area contributed by atoms with E-state index in [-0.39, 0.29) is 18.1 Å². The van der Waals surface area contributed by atoms with Crippen LogP contribution in [0.2, 0.25) is 0 Å². The van der Waals surface area contributed by atoms with Gasteiger partial charge in [0.25, 0.3) is 5.91 Å². The van der Waals surface area contributed by atoms with Crippen LogP contribution < -0.4 is 15.8 Å². The molecule has 0 bridgehead atoms. The third-order valence-electron chi connectivity index (χ3n) is 7.15. The molecule has 3 heterocycles. The Morgan fingerprint density at radius 2 is 1.94 bits per heavy atom. The summed E-state index contributed by atoms with van der Waals surface area (Å²) in [5, 5.41) is 18.6. The van der Waals surface area contributed by atoms with E-state index in [1.807, 2.05) is 53.2 Å². The molecule has 0 radical (unpaired) electrons. The molecule has 2 aromatic heterocycles. The SMILES string of the molecule is Nc1ncnc2c1c(-c1ccc(CNC(=O)C3CCc4ccccc4O3)cc1)nn2C1CCC(O)C1. The molecule has 1 amide bonds. The van der Waals surface area contributed by atoms with Gasteiger partial charge in [-0.15, -0.1) is 0 Å². The van der Waals surface area contributed by atoms with Gasteiger partial charge in [0.15, 0.2) is 11.8 Å². The fraction of sp³-hybridized carbons (Fsp3) is 0.333. The molecule has 9 heteroatoms. The van der Waals surface area contributed by atoms with Gasteiger partial charge in [0.05, 0.1) is 17.5 Å². The molecule has 3 unspecified atom stereocenters. The van der Waals surface area contributed by atoms with Crippen molar-refractivity contribution in [2.45, 2.75) is 56.9 Å². The number of aliphatic hydroxyl groups is 1. The molecule has 6 rings (SSSR count). The number of hydrogen-bond donors (Lipinski definition) is 3. The number of carbonyl (C=O) groups is 1. The van der Waals surface area contributed by atoms with E-state index in [9.17, 15) is 9.90 Å². The van der Waals surface area contributed by atoms with E-state index in [4.69, 9.17) is 15.6 Å². The topological polar surface area (TPSA) is 128 Å². The van der Waals surface area contributed by atoms with Crippen LogP contribution >= 0.6 is 0 Å². The largest absolute Gasteiger partial charge is 0.480 e. The van der Waals surface area contributed by atoms with Crippen molar-refractivity contribution in [3.8, 4) is 17.0 Å². The zero-order valence-corrected chi connectivity index (χ0v) is 19.8. The number of para-hydroxylation sites is 1. The smallest absolute Gasteiger partial charge is 0.261 e. The van der Waals surface area contributed by atoms with E-state index in [1.54, 1.807) is 0 Å². The molecule has 3 atom stereocenters. The maximum atomic E-state index is 12.7. The molecular formula is C27H28N6O3. The number of fused-ring (bicyclic) bond motifs is 2. The molecule has 1 aliphatic carbocycles. The second-order valence-corrected chi connectivity index (χ2v) is 9.54. The molecular weight excluding hydrogens is 456 g/mol. The molecule has 4 aromatic rings. The fourth-order valence-corrected chi connectivity index (χ4v) is 5.20. The Morgan fingerprint density at radius 1 is 1.11 bits per heavy atom. The second kappa shape index (κ2) is 9.23. The zero-order chi connectivity index (χ0) is 24.6. The zero-order valence-electron chi connectivity index (χ0n) is 19.8. The quantitative estimate of drug-likeness (QED) is 0.397. The van der Waals surface area contributed by atoms with Crippen molar-refractivity contribution in [1.82, 2.24) is 25.1 Å². The number of nitrogens with one attached hydrogen (secondary N) is 1. The number of anilines is 1. The highest BCUT2D eigenvalue weighted by atomic mass is 16.5. The van der Waals surface area contributed by atoms with E-state index in [0.717, 1.165) is 47.1 Å². The van der Waals surface area contributed by atoms with E-state index < -0.39 is 6.10 Å². The summed E-state index contributed by atoms with van der Waals surface area (Å²) in [6.07, 6.45) is 4.39. The van der Waals surface area contributed by atoms with Gasteiger partial charge in [-0.3, -0.25) is 4.79 Å². The lowest BCUT2D eigenvalue weighted by Crippen LogP contribution is -2.40. The first-order chi connectivity index (χ1) is 17.6. The molecule has 9 nitrogen and oxygen atoms in total. The van der Waals surface area contributed by atoms with Crippen molar-refractivity contribution in [3.05, 3.63) is 66.0 Å². The maximum Gasteiger partial charge on any atom is 0.261 e. The lowest BCUT2D eigenvalue weighted by molar-refractivity contribution is -0.128. The minimum atomic E-state index is -0.480. The van der Waals surface area contributed by atoms with Gasteiger partial charge in [-0.25, -0.2) is 14.6 Å². The molecule has 36 heavy (non-hydrogen) atoms. The molecule has 1 saturated carbocycles. The summed E-state index contributed by atoms with van der Waals surface area (Å²) in [6, 6.07) is 15.8. The summed E-state index contributed by atoms with van der Waals surface area (Å²) in [7, 11) is 0. The standard InChI is InChI=1S/C27H28N6O3/c28-25-23-24(32-33(26(23)31-15-30-25)19-10-11-20(34)13-19)18-7-5-16(6-8-18)14-29-27(35)22-12-9-17-3-1-2-4-21(17)36-22/h1-8,15,19-20,22,34H,9-14H2,(H,29,35)(H2,28,30,31). The number of aliphatic hydroxyl groups excluding tert-OH is 1. The van der Waals surface area contributed by atoms with Crippen molar-refractivity contribution in [1.29, 1.82) is 0 Å². The number of nitrogen functional groups attached to an aromatic ring is 1. The number of aromatic nitrogens is 4. The van der Waals surface area contributed by atoms with Crippen LogP contribution in [0.4, 0.5) is 5.82 Å². The van der Waals surface area contributed by atoms with Crippen LogP contribution in [0.15, 0.2) is 54.9 Å². The van der Waals surface area contributed by atoms with Crippen LogP contribution in [0.3, 0.4) is 0 Å². The van der Waals surface area contributed by atoms with Crippen molar-refractivity contribution in [3.63, 3.8) is 0 Å². The molecule has 2 aliphatic rings. The van der Waals surface area contributed by atoms with E-state index in [1.165, 1.54) is 6.33 Å². The van der Waals surface area contributed by atoms with E-state index in [0.29, 0.717) is 36.5 Å². The fourth-order valence-electron chi connectivity index (χ4n) is 5.20. The average Bonchev–Trinajstić information content (AvgIpc) is 3.51. The van der Waals surface area contributed by atoms with Gasteiger partial charge in [0, 0.05) is 12.1 Å². The lowest BCUT2D eigenvalue weighted by Gasteiger charge is -2.25. The second-order valence-electron chi connectivity index (χ2n) is 9.54. The molecule has 0 saturated heterocycles. The van der Waals surface area contributed by atoms with Gasteiger partial charge >= 0.3 is 0 Å². The summed E-state index contributed by atoms with van der Waals surface area (Å²) in [6.45, 7) is 0.404. The van der Waals surface area contributed by atoms with Crippen molar-refractivity contribution >= 4 is 22.8 Å². The Bertz CT molecular complexity index is 1420. The maximum absolute atomic E-state index is 12.7. The number of nitrogens with zero attached hydrogens (tertiary/aromatic N) is 4. The normalized spacial score (nSPS) is 21.2. The molecule has 0 spiro atoms. The van der Waals surface area contributed by atoms with Gasteiger partial charge in [0.1, 0.15) is 23.6 Å². The molecule has 1 fully saturated rings. The average molecular weight is 485 g/mol. The van der Waals surface area contributed by atoms with Gasteiger partial charge < -0.3 is 20.9 Å². The van der Waals surface area contributed by atoms with Crippen LogP contribution in [0.5, 0.6) is 5.75 Å². The highest BCUT2D eigenvalue weighted by molar-refractivity contribution is 5.98. The predicted octanol–water partition coefficient (Wildman–Crippen LogP) is 3.17. The van der Waals surface area contributed by atoms with Gasteiger partial charge in [-0.2, -0.15) is 5.10 Å². The van der Waals surface area contributed by atoms with E-state index >= 15 is 0 Å². The van der Waals surface area contributed by atoms with E-state index in [2.05, 4.69) is 15.3 Å². The minimum Gasteiger partial charge on any atom is -0.480 e. The van der Waals surface area contributed by atoms with Crippen molar-refractivity contribution in [2.75, 3.05) is 5.73 Å². The summed E-state index contributed by atoms with van der Waals surface area (Å²) in [5.41, 5.74) is 10.6. The Hall–Kier alpha value is -3.98. The van der Waals surface area contributed by atoms with Crippen LogP contribution in [0.25, 0.3) is 22.3 Å². The Labute approximate surface area is 208 Å². The first kappa shape index (κ1) is 22.5.